The van der Waals surface area contributed by atoms with Gasteiger partial charge in [0.25, 0.3) is 0 Å². The molecule has 2 aromatic carbocycles. The van der Waals surface area contributed by atoms with Crippen LogP contribution in [0.25, 0.3) is 0 Å². The molecule has 0 saturated carbocycles. The number of aliphatic hydroxyl groups excluding tert-OH is 2. The van der Waals surface area contributed by atoms with Crippen LogP contribution in [0.4, 0.5) is 0 Å². The number of rotatable bonds is 12. The van der Waals surface area contributed by atoms with Crippen molar-refractivity contribution in [1.29, 1.82) is 0 Å². The largest absolute Gasteiger partial charge is 0.508 e. The first-order chi connectivity index (χ1) is 16.5. The lowest BCUT2D eigenvalue weighted by atomic mass is 10.1. The summed E-state index contributed by atoms with van der Waals surface area (Å²) >= 11 is 0. The normalized spacial score (nSPS) is 12.5. The topological polar surface area (TPSA) is 180 Å². The van der Waals surface area contributed by atoms with Gasteiger partial charge in [-0.05, 0) is 61.3 Å². The molecular weight excluding hydrogens is 476 g/mol. The quantitative estimate of drug-likeness (QED) is 0.154. The zero-order chi connectivity index (χ0) is 26.7. The number of phenolic OH excluding ortho intramolecular Hbond substituents is 2. The predicted octanol–water partition coefficient (Wildman–Crippen LogP) is 2.98. The molecule has 0 radical (unpaired) electrons. The number of hydrogen-bond acceptors (Lipinski definition) is 8. The van der Waals surface area contributed by atoms with Crippen LogP contribution < -0.4 is 10.6 Å². The second kappa shape index (κ2) is 19.0. The Morgan fingerprint density at radius 1 is 0.686 bits per heavy atom. The van der Waals surface area contributed by atoms with Crippen LogP contribution in [0.1, 0.15) is 62.9 Å². The second-order valence-corrected chi connectivity index (χ2v) is 8.67. The fourth-order valence-electron chi connectivity index (χ4n) is 2.71. The average molecular weight is 517 g/mol. The Kier molecular flexibility index (Phi) is 17.8. The van der Waals surface area contributed by atoms with E-state index in [2.05, 4.69) is 24.5 Å². The Morgan fingerprint density at radius 2 is 0.971 bits per heavy atom. The van der Waals surface area contributed by atoms with E-state index in [1.54, 1.807) is 48.5 Å². The van der Waals surface area contributed by atoms with Crippen molar-refractivity contribution in [3.63, 3.8) is 0 Å². The van der Waals surface area contributed by atoms with Crippen LogP contribution in [-0.4, -0.2) is 64.1 Å². The van der Waals surface area contributed by atoms with Gasteiger partial charge in [0.1, 0.15) is 11.5 Å². The molecule has 2 atom stereocenters. The number of benzene rings is 2. The highest BCUT2D eigenvalue weighted by Gasteiger charge is 2.07. The van der Waals surface area contributed by atoms with Crippen molar-refractivity contribution < 1.29 is 37.9 Å². The fourth-order valence-corrected chi connectivity index (χ4v) is 2.71. The molecule has 0 unspecified atom stereocenters. The highest BCUT2D eigenvalue weighted by atomic mass is 32.3. The molecule has 0 aliphatic rings. The lowest BCUT2D eigenvalue weighted by Crippen LogP contribution is -2.22. The van der Waals surface area contributed by atoms with Gasteiger partial charge in [-0.25, -0.2) is 0 Å². The summed E-state index contributed by atoms with van der Waals surface area (Å²) in [6, 6.07) is 13.3. The molecule has 10 nitrogen and oxygen atoms in total. The molecule has 2 aromatic rings. The lowest BCUT2D eigenvalue weighted by Gasteiger charge is -2.11. The van der Waals surface area contributed by atoms with Crippen LogP contribution in [0, 0.1) is 0 Å². The predicted molar refractivity (Wildman–Crippen MR) is 136 cm³/mol. The van der Waals surface area contributed by atoms with E-state index in [1.807, 2.05) is 0 Å². The summed E-state index contributed by atoms with van der Waals surface area (Å²) in [4.78, 5) is 0. The molecule has 0 fully saturated rings. The van der Waals surface area contributed by atoms with Gasteiger partial charge in [-0.15, -0.1) is 0 Å². The molecule has 0 aliphatic carbocycles. The first-order valence-electron chi connectivity index (χ1n) is 11.5. The smallest absolute Gasteiger partial charge is 0.394 e. The van der Waals surface area contributed by atoms with Crippen molar-refractivity contribution in [2.45, 2.75) is 51.7 Å². The molecule has 0 amide bonds. The van der Waals surface area contributed by atoms with Crippen molar-refractivity contribution in [2.24, 2.45) is 0 Å². The number of nitrogens with one attached hydrogen (secondary N) is 2. The molecule has 0 spiro atoms. The minimum Gasteiger partial charge on any atom is -0.508 e. The summed E-state index contributed by atoms with van der Waals surface area (Å²) in [7, 11) is -4.67. The number of unbranched alkanes of at least 4 members (excludes halogenated alkanes) is 2. The van der Waals surface area contributed by atoms with Gasteiger partial charge >= 0.3 is 10.4 Å². The Balaban J connectivity index is 0.000000555. The highest BCUT2D eigenvalue weighted by Crippen LogP contribution is 2.16. The maximum Gasteiger partial charge on any atom is 0.394 e. The van der Waals surface area contributed by atoms with Crippen LogP contribution in [0.15, 0.2) is 48.5 Å². The summed E-state index contributed by atoms with van der Waals surface area (Å²) in [6.45, 7) is 7.27. The lowest BCUT2D eigenvalue weighted by molar-refractivity contribution is 0.174. The Hall–Kier alpha value is -2.25. The molecular formula is C24H40N2O8S. The third-order valence-corrected chi connectivity index (χ3v) is 4.65. The summed E-state index contributed by atoms with van der Waals surface area (Å²) in [5.41, 5.74) is 1.66. The first-order valence-corrected chi connectivity index (χ1v) is 12.9. The molecule has 0 aromatic heterocycles. The Morgan fingerprint density at radius 3 is 1.23 bits per heavy atom. The molecule has 2 rings (SSSR count). The average Bonchev–Trinajstić information content (AvgIpc) is 2.79. The number of hydrogen-bond donors (Lipinski definition) is 8. The first kappa shape index (κ1) is 32.8. The van der Waals surface area contributed by atoms with E-state index in [-0.39, 0.29) is 11.5 Å². The molecule has 0 heterocycles. The molecule has 0 bridgehead atoms. The summed E-state index contributed by atoms with van der Waals surface area (Å²) < 4.78 is 31.6. The van der Waals surface area contributed by atoms with Gasteiger partial charge in [-0.1, -0.05) is 51.0 Å². The van der Waals surface area contributed by atoms with Crippen LogP contribution >= 0.6 is 0 Å². The van der Waals surface area contributed by atoms with Crippen LogP contribution in [0.3, 0.4) is 0 Å². The summed E-state index contributed by atoms with van der Waals surface area (Å²) in [5.74, 6) is 0.454. The van der Waals surface area contributed by atoms with E-state index in [4.69, 9.17) is 27.7 Å². The number of aliphatic hydroxyl groups is 2. The van der Waals surface area contributed by atoms with Crippen molar-refractivity contribution in [3.05, 3.63) is 59.7 Å². The Labute approximate surface area is 208 Å². The van der Waals surface area contributed by atoms with Gasteiger partial charge in [0, 0.05) is 13.1 Å². The zero-order valence-electron chi connectivity index (χ0n) is 20.3. The summed E-state index contributed by atoms with van der Waals surface area (Å²) in [5, 5.41) is 44.1. The standard InChI is InChI=1S/2C12H19NO2.H2O4S/c2*1-2-3-8-13-9-12(15)10-4-6-11(14)7-5-10;1-5(2,3)4/h2*4-7,12-15H,2-3,8-9H2,1H3;(H2,1,2,3,4)/t2*12-;/m11./s1. The summed E-state index contributed by atoms with van der Waals surface area (Å²) in [6.07, 6.45) is 3.57. The molecule has 8 N–H and O–H groups in total. The molecule has 200 valence electrons. The molecule has 35 heavy (non-hydrogen) atoms. The second-order valence-electron chi connectivity index (χ2n) is 7.78. The maximum atomic E-state index is 9.77. The van der Waals surface area contributed by atoms with Gasteiger partial charge in [-0.2, -0.15) is 8.42 Å². The van der Waals surface area contributed by atoms with Crippen molar-refractivity contribution >= 4 is 10.4 Å². The van der Waals surface area contributed by atoms with E-state index < -0.39 is 22.6 Å². The zero-order valence-corrected chi connectivity index (χ0v) is 21.2. The maximum absolute atomic E-state index is 9.77. The van der Waals surface area contributed by atoms with E-state index >= 15 is 0 Å². The van der Waals surface area contributed by atoms with Crippen LogP contribution in [0.2, 0.25) is 0 Å². The van der Waals surface area contributed by atoms with Crippen LogP contribution in [-0.2, 0) is 10.4 Å². The SMILES string of the molecule is CCCCNC[C@@H](O)c1ccc(O)cc1.CCCCNC[C@@H](O)c1ccc(O)cc1.O=S(=O)(O)O. The van der Waals surface area contributed by atoms with Crippen molar-refractivity contribution in [3.8, 4) is 11.5 Å². The molecule has 11 heteroatoms. The fraction of sp³-hybridized carbons (Fsp3) is 0.500. The van der Waals surface area contributed by atoms with Crippen molar-refractivity contribution in [1.82, 2.24) is 10.6 Å². The van der Waals surface area contributed by atoms with Gasteiger partial charge in [0.15, 0.2) is 0 Å². The van der Waals surface area contributed by atoms with Crippen molar-refractivity contribution in [2.75, 3.05) is 26.2 Å². The van der Waals surface area contributed by atoms with E-state index in [1.165, 1.54) is 0 Å². The van der Waals surface area contributed by atoms with E-state index in [0.29, 0.717) is 13.1 Å². The van der Waals surface area contributed by atoms with Crippen LogP contribution in [0.5, 0.6) is 11.5 Å². The van der Waals surface area contributed by atoms with Gasteiger partial charge < -0.3 is 31.1 Å². The van der Waals surface area contributed by atoms with E-state index in [9.17, 15) is 10.2 Å². The van der Waals surface area contributed by atoms with Gasteiger partial charge in [-0.3, -0.25) is 9.11 Å². The molecule has 0 saturated heterocycles. The third-order valence-electron chi connectivity index (χ3n) is 4.65. The highest BCUT2D eigenvalue weighted by molar-refractivity contribution is 7.79. The molecule has 0 aliphatic heterocycles. The minimum absolute atomic E-state index is 0.227. The Bertz CT molecular complexity index is 810. The minimum atomic E-state index is -4.67. The van der Waals surface area contributed by atoms with Gasteiger partial charge in [0.2, 0.25) is 0 Å². The monoisotopic (exact) mass is 516 g/mol. The van der Waals surface area contributed by atoms with E-state index in [0.717, 1.165) is 49.9 Å². The number of phenols is 2. The van der Waals surface area contributed by atoms with Gasteiger partial charge in [0.05, 0.1) is 12.2 Å². The third kappa shape index (κ3) is 19.7. The number of aromatic hydroxyl groups is 2.